The number of benzene rings is 1. The number of rotatable bonds is 6. The van der Waals surface area contributed by atoms with Gasteiger partial charge in [-0.3, -0.25) is 4.99 Å². The summed E-state index contributed by atoms with van der Waals surface area (Å²) in [5, 5.41) is 14.2. The van der Waals surface area contributed by atoms with Crippen LogP contribution in [0.1, 0.15) is 25.0 Å². The maximum atomic E-state index is 10.3. The van der Waals surface area contributed by atoms with E-state index in [9.17, 15) is 5.11 Å². The third-order valence-corrected chi connectivity index (χ3v) is 4.17. The minimum Gasteiger partial charge on any atom is -0.386 e. The van der Waals surface area contributed by atoms with Crippen molar-refractivity contribution in [2.75, 3.05) is 39.9 Å². The number of halogens is 2. The summed E-state index contributed by atoms with van der Waals surface area (Å²) in [6.45, 7) is 5.72. The van der Waals surface area contributed by atoms with Crippen LogP contribution in [-0.4, -0.2) is 55.9 Å². The van der Waals surface area contributed by atoms with Gasteiger partial charge < -0.3 is 20.1 Å². The predicted molar refractivity (Wildman–Crippen MR) is 109 cm³/mol. The number of aliphatic hydroxyl groups is 1. The van der Waals surface area contributed by atoms with Crippen molar-refractivity contribution >= 4 is 41.5 Å². The minimum atomic E-state index is -0.635. The largest absolute Gasteiger partial charge is 0.386 e. The molecule has 0 spiro atoms. The van der Waals surface area contributed by atoms with Crippen molar-refractivity contribution in [1.82, 2.24) is 10.2 Å². The lowest BCUT2D eigenvalue weighted by Crippen LogP contribution is -2.41. The van der Waals surface area contributed by atoms with Gasteiger partial charge in [0.15, 0.2) is 5.96 Å². The molecule has 0 amide bonds. The van der Waals surface area contributed by atoms with E-state index in [1.807, 2.05) is 26.1 Å². The Morgan fingerprint density at radius 2 is 2.17 bits per heavy atom. The molecule has 1 aromatic carbocycles. The second kappa shape index (κ2) is 11.1. The van der Waals surface area contributed by atoms with Crippen LogP contribution in [0.15, 0.2) is 29.3 Å². The molecular formula is C17H27ClIN3O2. The molecule has 1 aromatic rings. The zero-order valence-corrected chi connectivity index (χ0v) is 17.3. The molecule has 2 atom stereocenters. The fraction of sp³-hybridized carbons (Fsp3) is 0.588. The van der Waals surface area contributed by atoms with Crippen LogP contribution in [-0.2, 0) is 4.74 Å². The van der Waals surface area contributed by atoms with E-state index in [1.54, 1.807) is 12.1 Å². The van der Waals surface area contributed by atoms with Gasteiger partial charge in [-0.15, -0.1) is 24.0 Å². The normalized spacial score (nSPS) is 18.8. The molecule has 1 aliphatic heterocycles. The van der Waals surface area contributed by atoms with Gasteiger partial charge in [-0.05, 0) is 31.0 Å². The third-order valence-electron chi connectivity index (χ3n) is 3.92. The highest BCUT2D eigenvalue weighted by molar-refractivity contribution is 14.0. The van der Waals surface area contributed by atoms with E-state index >= 15 is 0 Å². The van der Waals surface area contributed by atoms with Gasteiger partial charge in [0.25, 0.3) is 0 Å². The summed E-state index contributed by atoms with van der Waals surface area (Å²) < 4.78 is 5.43. The monoisotopic (exact) mass is 467 g/mol. The van der Waals surface area contributed by atoms with Crippen LogP contribution in [0, 0.1) is 5.92 Å². The Morgan fingerprint density at radius 3 is 2.75 bits per heavy atom. The van der Waals surface area contributed by atoms with E-state index in [4.69, 9.17) is 16.3 Å². The third kappa shape index (κ3) is 6.74. The fourth-order valence-corrected chi connectivity index (χ4v) is 2.76. The van der Waals surface area contributed by atoms with E-state index < -0.39 is 6.10 Å². The van der Waals surface area contributed by atoms with Crippen molar-refractivity contribution in [3.05, 3.63) is 34.9 Å². The van der Waals surface area contributed by atoms with Crippen LogP contribution in [0.4, 0.5) is 0 Å². The van der Waals surface area contributed by atoms with Crippen molar-refractivity contribution in [2.24, 2.45) is 10.9 Å². The van der Waals surface area contributed by atoms with Crippen LogP contribution in [0.5, 0.6) is 0 Å². The second-order valence-electron chi connectivity index (χ2n) is 5.87. The first-order chi connectivity index (χ1) is 11.1. The lowest BCUT2D eigenvalue weighted by Gasteiger charge is -2.25. The quantitative estimate of drug-likeness (QED) is 0.384. The molecule has 0 radical (unpaired) electrons. The molecule has 5 nitrogen and oxygen atoms in total. The van der Waals surface area contributed by atoms with E-state index in [1.165, 1.54) is 0 Å². The van der Waals surface area contributed by atoms with Crippen LogP contribution in [0.25, 0.3) is 0 Å². The maximum Gasteiger partial charge on any atom is 0.193 e. The Kier molecular flexibility index (Phi) is 9.95. The lowest BCUT2D eigenvalue weighted by molar-refractivity contribution is 0.180. The Hall–Kier alpha value is -0.570. The first-order valence-electron chi connectivity index (χ1n) is 8.11. The first kappa shape index (κ1) is 21.5. The molecule has 7 heteroatoms. The predicted octanol–water partition coefficient (Wildman–Crippen LogP) is 2.93. The number of guanidine groups is 1. The van der Waals surface area contributed by atoms with Crippen LogP contribution >= 0.6 is 35.6 Å². The highest BCUT2D eigenvalue weighted by Gasteiger charge is 2.19. The number of aliphatic hydroxyl groups excluding tert-OH is 1. The summed E-state index contributed by atoms with van der Waals surface area (Å²) >= 11 is 5.87. The summed E-state index contributed by atoms with van der Waals surface area (Å²) in [6.07, 6.45) is 0.459. The van der Waals surface area contributed by atoms with Crippen LogP contribution in [0.3, 0.4) is 0 Å². The molecule has 0 bridgehead atoms. The molecule has 1 heterocycles. The Labute approximate surface area is 166 Å². The summed E-state index contributed by atoms with van der Waals surface area (Å²) in [5.41, 5.74) is 0.820. The molecule has 2 unspecified atom stereocenters. The number of nitrogens with one attached hydrogen (secondary N) is 1. The van der Waals surface area contributed by atoms with E-state index in [0.29, 0.717) is 17.5 Å². The zero-order valence-electron chi connectivity index (χ0n) is 14.2. The Bertz CT molecular complexity index is 507. The number of aliphatic imine (C=N–C) groups is 1. The molecule has 2 N–H and O–H groups in total. The standard InChI is InChI=1S/C17H26ClN3O2.HI/c1-3-19-17(21(2)11-13-8-9-23-12-13)20-10-16(22)14-4-6-15(18)7-5-14;/h4-7,13,16,22H,3,8-12H2,1-2H3,(H,19,20);1H. The van der Waals surface area contributed by atoms with E-state index in [2.05, 4.69) is 15.2 Å². The van der Waals surface area contributed by atoms with Gasteiger partial charge >= 0.3 is 0 Å². The number of hydrogen-bond donors (Lipinski definition) is 2. The van der Waals surface area contributed by atoms with Gasteiger partial charge in [-0.25, -0.2) is 0 Å². The zero-order chi connectivity index (χ0) is 16.7. The summed E-state index contributed by atoms with van der Waals surface area (Å²) in [4.78, 5) is 6.67. The maximum absolute atomic E-state index is 10.3. The highest BCUT2D eigenvalue weighted by Crippen LogP contribution is 2.17. The molecular weight excluding hydrogens is 441 g/mol. The van der Waals surface area contributed by atoms with Crippen molar-refractivity contribution in [2.45, 2.75) is 19.4 Å². The number of nitrogens with zero attached hydrogens (tertiary/aromatic N) is 2. The number of ether oxygens (including phenoxy) is 1. The smallest absolute Gasteiger partial charge is 0.193 e. The van der Waals surface area contributed by atoms with Crippen molar-refractivity contribution in [3.8, 4) is 0 Å². The summed E-state index contributed by atoms with van der Waals surface area (Å²) in [5.74, 6) is 1.36. The molecule has 136 valence electrons. The molecule has 24 heavy (non-hydrogen) atoms. The average molecular weight is 468 g/mol. The molecule has 2 rings (SSSR count). The summed E-state index contributed by atoms with van der Waals surface area (Å²) in [7, 11) is 2.02. The molecule has 1 fully saturated rings. The lowest BCUT2D eigenvalue weighted by atomic mass is 10.1. The second-order valence-corrected chi connectivity index (χ2v) is 6.31. The minimum absolute atomic E-state index is 0. The molecule has 0 aromatic heterocycles. The van der Waals surface area contributed by atoms with Gasteiger partial charge in [0.05, 0.1) is 19.3 Å². The van der Waals surface area contributed by atoms with Crippen molar-refractivity contribution in [3.63, 3.8) is 0 Å². The van der Waals surface area contributed by atoms with Crippen LogP contribution < -0.4 is 5.32 Å². The molecule has 1 saturated heterocycles. The van der Waals surface area contributed by atoms with Gasteiger partial charge in [-0.2, -0.15) is 0 Å². The van der Waals surface area contributed by atoms with Gasteiger partial charge in [0.1, 0.15) is 0 Å². The van der Waals surface area contributed by atoms with Gasteiger partial charge in [0.2, 0.25) is 0 Å². The van der Waals surface area contributed by atoms with E-state index in [0.717, 1.165) is 44.2 Å². The fourth-order valence-electron chi connectivity index (χ4n) is 2.63. The van der Waals surface area contributed by atoms with Crippen molar-refractivity contribution in [1.29, 1.82) is 0 Å². The van der Waals surface area contributed by atoms with Gasteiger partial charge in [0, 0.05) is 37.7 Å². The first-order valence-corrected chi connectivity index (χ1v) is 8.48. The molecule has 1 aliphatic rings. The molecule has 0 aliphatic carbocycles. The Morgan fingerprint density at radius 1 is 1.46 bits per heavy atom. The SMILES string of the molecule is CCNC(=NCC(O)c1ccc(Cl)cc1)N(C)CC1CCOC1.I. The highest BCUT2D eigenvalue weighted by atomic mass is 127. The Balaban J connectivity index is 0.00000288. The molecule has 0 saturated carbocycles. The van der Waals surface area contributed by atoms with E-state index in [-0.39, 0.29) is 24.0 Å². The summed E-state index contributed by atoms with van der Waals surface area (Å²) in [6, 6.07) is 7.21. The average Bonchev–Trinajstić information content (AvgIpc) is 3.04. The van der Waals surface area contributed by atoms with Gasteiger partial charge in [-0.1, -0.05) is 23.7 Å². The topological polar surface area (TPSA) is 57.1 Å². The van der Waals surface area contributed by atoms with Crippen LogP contribution in [0.2, 0.25) is 5.02 Å². The number of hydrogen-bond acceptors (Lipinski definition) is 3. The van der Waals surface area contributed by atoms with Crippen molar-refractivity contribution < 1.29 is 9.84 Å².